The molecule has 0 radical (unpaired) electrons. The number of hydrogen-bond donors (Lipinski definition) is 1. The number of hydrogen-bond acceptors (Lipinski definition) is 4. The van der Waals surface area contributed by atoms with Crippen molar-refractivity contribution in [3.8, 4) is 0 Å². The molecule has 0 aromatic heterocycles. The molecule has 0 unspecified atom stereocenters. The average molecular weight is 376 g/mol. The molecule has 0 saturated carbocycles. The van der Waals surface area contributed by atoms with Crippen LogP contribution in [0, 0.1) is 11.2 Å². The number of anilines is 2. The SMILES string of the molecule is CC1(C)CS(=O)(=O)N(c2ccc(C(=O)Nc3ccccc3F)cc2)C1=O. The maximum atomic E-state index is 13.6. The first-order valence-corrected chi connectivity index (χ1v) is 9.46. The number of sulfonamides is 1. The third kappa shape index (κ3) is 3.20. The van der Waals surface area contributed by atoms with Gasteiger partial charge in [0.25, 0.3) is 5.91 Å². The molecule has 136 valence electrons. The molecule has 1 aliphatic rings. The molecule has 3 rings (SSSR count). The predicted molar refractivity (Wildman–Crippen MR) is 95.8 cm³/mol. The summed E-state index contributed by atoms with van der Waals surface area (Å²) in [5, 5.41) is 2.44. The van der Waals surface area contributed by atoms with Crippen LogP contribution in [0.15, 0.2) is 48.5 Å². The predicted octanol–water partition coefficient (Wildman–Crippen LogP) is 2.78. The molecule has 1 N–H and O–H groups in total. The van der Waals surface area contributed by atoms with Gasteiger partial charge in [0.05, 0.1) is 22.5 Å². The molecule has 0 aliphatic carbocycles. The van der Waals surface area contributed by atoms with Crippen LogP contribution in [0.1, 0.15) is 24.2 Å². The quantitative estimate of drug-likeness (QED) is 0.893. The van der Waals surface area contributed by atoms with Crippen LogP contribution in [0.5, 0.6) is 0 Å². The van der Waals surface area contributed by atoms with E-state index < -0.39 is 33.1 Å². The molecule has 1 aliphatic heterocycles. The van der Waals surface area contributed by atoms with Gasteiger partial charge in [0.2, 0.25) is 15.9 Å². The standard InChI is InChI=1S/C18H17FN2O4S/c1-18(2)11-26(24,25)21(17(18)23)13-9-7-12(8-10-13)16(22)20-15-6-4-3-5-14(15)19/h3-10H,11H2,1-2H3,(H,20,22). The van der Waals surface area contributed by atoms with Crippen molar-refractivity contribution in [3.63, 3.8) is 0 Å². The van der Waals surface area contributed by atoms with E-state index in [1.54, 1.807) is 19.9 Å². The highest BCUT2D eigenvalue weighted by atomic mass is 32.2. The fraction of sp³-hybridized carbons (Fsp3) is 0.222. The monoisotopic (exact) mass is 376 g/mol. The zero-order valence-corrected chi connectivity index (χ0v) is 15.0. The molecule has 2 amide bonds. The smallest absolute Gasteiger partial charge is 0.255 e. The van der Waals surface area contributed by atoms with Crippen molar-refractivity contribution in [2.45, 2.75) is 13.8 Å². The molecule has 8 heteroatoms. The number of halogens is 1. The first-order valence-electron chi connectivity index (χ1n) is 7.85. The first kappa shape index (κ1) is 18.1. The molecule has 0 bridgehead atoms. The number of carbonyl (C=O) groups is 2. The van der Waals surface area contributed by atoms with Crippen LogP contribution >= 0.6 is 0 Å². The topological polar surface area (TPSA) is 83.6 Å². The van der Waals surface area contributed by atoms with E-state index in [1.807, 2.05) is 0 Å². The summed E-state index contributed by atoms with van der Waals surface area (Å²) in [7, 11) is -3.75. The van der Waals surface area contributed by atoms with Gasteiger partial charge in [-0.25, -0.2) is 17.1 Å². The third-order valence-corrected chi connectivity index (χ3v) is 6.09. The van der Waals surface area contributed by atoms with Crippen LogP contribution in [0.2, 0.25) is 0 Å². The van der Waals surface area contributed by atoms with Crippen molar-refractivity contribution in [1.29, 1.82) is 0 Å². The number of carbonyl (C=O) groups excluding carboxylic acids is 2. The lowest BCUT2D eigenvalue weighted by atomic mass is 9.95. The molecule has 26 heavy (non-hydrogen) atoms. The zero-order chi connectivity index (χ0) is 19.1. The minimum Gasteiger partial charge on any atom is -0.319 e. The van der Waals surface area contributed by atoms with Crippen molar-refractivity contribution in [2.24, 2.45) is 5.41 Å². The highest BCUT2D eigenvalue weighted by molar-refractivity contribution is 7.94. The minimum atomic E-state index is -3.75. The Morgan fingerprint density at radius 1 is 1.12 bits per heavy atom. The minimum absolute atomic E-state index is 0.0422. The Kier molecular flexibility index (Phi) is 4.31. The zero-order valence-electron chi connectivity index (χ0n) is 14.2. The van der Waals surface area contributed by atoms with Gasteiger partial charge in [0.1, 0.15) is 5.82 Å². The molecule has 1 heterocycles. The second-order valence-corrected chi connectivity index (χ2v) is 8.51. The number of para-hydroxylation sites is 1. The van der Waals surface area contributed by atoms with Crippen molar-refractivity contribution in [3.05, 3.63) is 59.9 Å². The number of nitrogens with one attached hydrogen (secondary N) is 1. The van der Waals surface area contributed by atoms with E-state index in [2.05, 4.69) is 5.32 Å². The second-order valence-electron chi connectivity index (χ2n) is 6.69. The van der Waals surface area contributed by atoms with E-state index in [0.29, 0.717) is 0 Å². The summed E-state index contributed by atoms with van der Waals surface area (Å²) >= 11 is 0. The van der Waals surface area contributed by atoms with E-state index in [4.69, 9.17) is 0 Å². The Balaban J connectivity index is 1.84. The van der Waals surface area contributed by atoms with E-state index in [0.717, 1.165) is 4.31 Å². The van der Waals surface area contributed by atoms with Crippen molar-refractivity contribution in [1.82, 2.24) is 0 Å². The lowest BCUT2D eigenvalue weighted by Crippen LogP contribution is -2.32. The summed E-state index contributed by atoms with van der Waals surface area (Å²) in [5.41, 5.74) is -0.580. The van der Waals surface area contributed by atoms with E-state index in [1.165, 1.54) is 42.5 Å². The van der Waals surface area contributed by atoms with Crippen LogP contribution in [0.25, 0.3) is 0 Å². The Labute approximate surface area is 150 Å². The van der Waals surface area contributed by atoms with Gasteiger partial charge in [0, 0.05) is 5.56 Å². The molecular formula is C18H17FN2O4S. The molecule has 0 atom stereocenters. The van der Waals surface area contributed by atoms with Gasteiger partial charge >= 0.3 is 0 Å². The van der Waals surface area contributed by atoms with Crippen LogP contribution in [0.4, 0.5) is 15.8 Å². The molecule has 2 aromatic rings. The summed E-state index contributed by atoms with van der Waals surface area (Å²) in [5.74, 6) is -1.89. The van der Waals surface area contributed by atoms with Crippen molar-refractivity contribution < 1.29 is 22.4 Å². The fourth-order valence-electron chi connectivity index (χ4n) is 2.77. The van der Waals surface area contributed by atoms with Crippen LogP contribution in [0.3, 0.4) is 0 Å². The van der Waals surface area contributed by atoms with Gasteiger partial charge in [-0.3, -0.25) is 9.59 Å². The first-order chi connectivity index (χ1) is 12.1. The van der Waals surface area contributed by atoms with Crippen LogP contribution < -0.4 is 9.62 Å². The molecule has 0 spiro atoms. The Morgan fingerprint density at radius 3 is 2.27 bits per heavy atom. The molecule has 2 aromatic carbocycles. The summed E-state index contributed by atoms with van der Waals surface area (Å²) in [6, 6.07) is 11.3. The molecular weight excluding hydrogens is 359 g/mol. The normalized spacial score (nSPS) is 18.0. The molecule has 1 fully saturated rings. The van der Waals surface area contributed by atoms with Gasteiger partial charge in [-0.2, -0.15) is 0 Å². The highest BCUT2D eigenvalue weighted by Crippen LogP contribution is 2.35. The van der Waals surface area contributed by atoms with E-state index >= 15 is 0 Å². The van der Waals surface area contributed by atoms with Gasteiger partial charge in [-0.15, -0.1) is 0 Å². The van der Waals surface area contributed by atoms with Gasteiger partial charge in [-0.05, 0) is 50.2 Å². The lowest BCUT2D eigenvalue weighted by molar-refractivity contribution is -0.123. The summed E-state index contributed by atoms with van der Waals surface area (Å²) in [4.78, 5) is 24.6. The Hall–Kier alpha value is -2.74. The van der Waals surface area contributed by atoms with E-state index in [-0.39, 0.29) is 22.7 Å². The van der Waals surface area contributed by atoms with Crippen molar-refractivity contribution in [2.75, 3.05) is 15.4 Å². The fourth-order valence-corrected chi connectivity index (χ4v) is 4.87. The van der Waals surface area contributed by atoms with Crippen LogP contribution in [-0.4, -0.2) is 26.0 Å². The maximum Gasteiger partial charge on any atom is 0.255 e. The molecule has 1 saturated heterocycles. The summed E-state index contributed by atoms with van der Waals surface area (Å²) in [6.45, 7) is 3.15. The highest BCUT2D eigenvalue weighted by Gasteiger charge is 2.49. The number of rotatable bonds is 3. The van der Waals surface area contributed by atoms with Crippen LogP contribution in [-0.2, 0) is 14.8 Å². The average Bonchev–Trinajstić information content (AvgIpc) is 2.73. The van der Waals surface area contributed by atoms with E-state index in [9.17, 15) is 22.4 Å². The summed E-state index contributed by atoms with van der Waals surface area (Å²) < 4.78 is 38.9. The van der Waals surface area contributed by atoms with Gasteiger partial charge in [-0.1, -0.05) is 12.1 Å². The van der Waals surface area contributed by atoms with Gasteiger partial charge < -0.3 is 5.32 Å². The Morgan fingerprint density at radius 2 is 1.73 bits per heavy atom. The molecule has 6 nitrogen and oxygen atoms in total. The maximum absolute atomic E-state index is 13.6. The van der Waals surface area contributed by atoms with Gasteiger partial charge in [0.15, 0.2) is 0 Å². The summed E-state index contributed by atoms with van der Waals surface area (Å²) in [6.07, 6.45) is 0. The second kappa shape index (κ2) is 6.21. The number of nitrogens with zero attached hydrogens (tertiary/aromatic N) is 1. The van der Waals surface area contributed by atoms with Crippen molar-refractivity contribution >= 4 is 33.2 Å². The Bertz CT molecular complexity index is 985. The number of amides is 2. The third-order valence-electron chi connectivity index (χ3n) is 4.07. The lowest BCUT2D eigenvalue weighted by Gasteiger charge is -2.17. The number of benzene rings is 2. The largest absolute Gasteiger partial charge is 0.319 e.